The molecular weight excluding hydrogens is 252 g/mol. The molecule has 3 rings (SSSR count). The molecule has 0 aromatic heterocycles. The van der Waals surface area contributed by atoms with Crippen LogP contribution in [0, 0.1) is 10.1 Å². The van der Waals surface area contributed by atoms with Crippen molar-refractivity contribution in [1.29, 1.82) is 0 Å². The SMILES string of the molecule is O=[N+]([O-])c1cccc(CNC2CCc3ccccc32)c1. The molecule has 4 nitrogen and oxygen atoms in total. The maximum atomic E-state index is 10.8. The second-order valence-electron chi connectivity index (χ2n) is 5.10. The van der Waals surface area contributed by atoms with Crippen LogP contribution in [0.4, 0.5) is 5.69 Å². The van der Waals surface area contributed by atoms with Gasteiger partial charge in [0.05, 0.1) is 4.92 Å². The maximum absolute atomic E-state index is 10.8. The van der Waals surface area contributed by atoms with Gasteiger partial charge in [-0.25, -0.2) is 0 Å². The Kier molecular flexibility index (Phi) is 3.48. The molecule has 1 aliphatic carbocycles. The van der Waals surface area contributed by atoms with Crippen LogP contribution >= 0.6 is 0 Å². The first-order valence-corrected chi connectivity index (χ1v) is 6.78. The Morgan fingerprint density at radius 3 is 2.90 bits per heavy atom. The van der Waals surface area contributed by atoms with Crippen LogP contribution in [0.25, 0.3) is 0 Å². The van der Waals surface area contributed by atoms with Crippen LogP contribution in [0.15, 0.2) is 48.5 Å². The largest absolute Gasteiger partial charge is 0.306 e. The zero-order valence-electron chi connectivity index (χ0n) is 11.1. The van der Waals surface area contributed by atoms with E-state index >= 15 is 0 Å². The molecule has 102 valence electrons. The molecule has 0 bridgehead atoms. The van der Waals surface area contributed by atoms with E-state index in [1.807, 2.05) is 6.07 Å². The van der Waals surface area contributed by atoms with Gasteiger partial charge >= 0.3 is 0 Å². The molecule has 0 radical (unpaired) electrons. The summed E-state index contributed by atoms with van der Waals surface area (Å²) in [5.74, 6) is 0. The Labute approximate surface area is 117 Å². The quantitative estimate of drug-likeness (QED) is 0.683. The van der Waals surface area contributed by atoms with Crippen LogP contribution in [0.1, 0.15) is 29.2 Å². The van der Waals surface area contributed by atoms with E-state index in [0.717, 1.165) is 18.4 Å². The standard InChI is InChI=1S/C16H16N2O2/c19-18(20)14-6-3-4-12(10-14)11-17-16-9-8-13-5-1-2-7-15(13)16/h1-7,10,16-17H,8-9,11H2. The molecule has 1 atom stereocenters. The number of nitro groups is 1. The Balaban J connectivity index is 1.69. The molecule has 0 amide bonds. The summed E-state index contributed by atoms with van der Waals surface area (Å²) in [4.78, 5) is 10.4. The van der Waals surface area contributed by atoms with Crippen molar-refractivity contribution in [3.63, 3.8) is 0 Å². The van der Waals surface area contributed by atoms with Crippen LogP contribution < -0.4 is 5.32 Å². The summed E-state index contributed by atoms with van der Waals surface area (Å²) in [6, 6.07) is 15.6. The van der Waals surface area contributed by atoms with Crippen LogP contribution in [-0.4, -0.2) is 4.92 Å². The zero-order chi connectivity index (χ0) is 13.9. The van der Waals surface area contributed by atoms with Gasteiger partial charge in [-0.15, -0.1) is 0 Å². The lowest BCUT2D eigenvalue weighted by molar-refractivity contribution is -0.384. The fourth-order valence-corrected chi connectivity index (χ4v) is 2.79. The molecule has 0 saturated heterocycles. The summed E-state index contributed by atoms with van der Waals surface area (Å²) in [7, 11) is 0. The van der Waals surface area contributed by atoms with Crippen molar-refractivity contribution < 1.29 is 4.92 Å². The first kappa shape index (κ1) is 12.8. The first-order chi connectivity index (χ1) is 9.74. The van der Waals surface area contributed by atoms with Crippen molar-refractivity contribution in [1.82, 2.24) is 5.32 Å². The van der Waals surface area contributed by atoms with Crippen LogP contribution in [0.5, 0.6) is 0 Å². The number of hydrogen-bond donors (Lipinski definition) is 1. The molecule has 1 unspecified atom stereocenters. The van der Waals surface area contributed by atoms with Gasteiger partial charge in [-0.2, -0.15) is 0 Å². The van der Waals surface area contributed by atoms with Crippen molar-refractivity contribution in [2.75, 3.05) is 0 Å². The third-order valence-electron chi connectivity index (χ3n) is 3.81. The van der Waals surface area contributed by atoms with E-state index in [0.29, 0.717) is 12.6 Å². The Morgan fingerprint density at radius 1 is 1.20 bits per heavy atom. The van der Waals surface area contributed by atoms with Gasteiger partial charge < -0.3 is 5.32 Å². The van der Waals surface area contributed by atoms with Crippen molar-refractivity contribution >= 4 is 5.69 Å². The molecule has 20 heavy (non-hydrogen) atoms. The third kappa shape index (κ3) is 2.56. The summed E-state index contributed by atoms with van der Waals surface area (Å²) in [6.45, 7) is 0.653. The van der Waals surface area contributed by atoms with Gasteiger partial charge in [0.15, 0.2) is 0 Å². The summed E-state index contributed by atoms with van der Waals surface area (Å²) in [5, 5.41) is 14.3. The molecule has 0 spiro atoms. The predicted octanol–water partition coefficient (Wildman–Crippen LogP) is 3.37. The average Bonchev–Trinajstić information content (AvgIpc) is 2.89. The van der Waals surface area contributed by atoms with E-state index in [2.05, 4.69) is 29.6 Å². The Bertz CT molecular complexity index is 640. The number of fused-ring (bicyclic) bond motifs is 1. The highest BCUT2D eigenvalue weighted by Gasteiger charge is 2.21. The van der Waals surface area contributed by atoms with Crippen LogP contribution in [-0.2, 0) is 13.0 Å². The van der Waals surface area contributed by atoms with Gasteiger partial charge in [-0.3, -0.25) is 10.1 Å². The second-order valence-corrected chi connectivity index (χ2v) is 5.10. The number of hydrogen-bond acceptors (Lipinski definition) is 3. The van der Waals surface area contributed by atoms with Gasteiger partial charge in [0.25, 0.3) is 5.69 Å². The summed E-state index contributed by atoms with van der Waals surface area (Å²) in [6.07, 6.45) is 2.19. The van der Waals surface area contributed by atoms with E-state index in [9.17, 15) is 10.1 Å². The Hall–Kier alpha value is -2.20. The molecule has 0 aliphatic heterocycles. The number of nitrogens with zero attached hydrogens (tertiary/aromatic N) is 1. The molecule has 0 saturated carbocycles. The number of rotatable bonds is 4. The monoisotopic (exact) mass is 268 g/mol. The van der Waals surface area contributed by atoms with Gasteiger partial charge in [-0.05, 0) is 29.5 Å². The van der Waals surface area contributed by atoms with Crippen molar-refractivity contribution in [2.45, 2.75) is 25.4 Å². The molecule has 1 aliphatic rings. The predicted molar refractivity (Wildman–Crippen MR) is 77.4 cm³/mol. The fourth-order valence-electron chi connectivity index (χ4n) is 2.79. The van der Waals surface area contributed by atoms with E-state index in [1.54, 1.807) is 12.1 Å². The van der Waals surface area contributed by atoms with E-state index in [1.165, 1.54) is 17.2 Å². The topological polar surface area (TPSA) is 55.2 Å². The number of nitro benzene ring substituents is 1. The van der Waals surface area contributed by atoms with Crippen molar-refractivity contribution in [2.24, 2.45) is 0 Å². The zero-order valence-corrected chi connectivity index (χ0v) is 11.1. The van der Waals surface area contributed by atoms with E-state index < -0.39 is 0 Å². The molecule has 0 fully saturated rings. The number of benzene rings is 2. The number of aryl methyl sites for hydroxylation is 1. The number of nitrogens with one attached hydrogen (secondary N) is 1. The highest BCUT2D eigenvalue weighted by Crippen LogP contribution is 2.30. The minimum atomic E-state index is -0.353. The highest BCUT2D eigenvalue weighted by molar-refractivity contribution is 5.36. The Morgan fingerprint density at radius 2 is 2.05 bits per heavy atom. The average molecular weight is 268 g/mol. The van der Waals surface area contributed by atoms with E-state index in [4.69, 9.17) is 0 Å². The lowest BCUT2D eigenvalue weighted by Crippen LogP contribution is -2.18. The molecule has 0 heterocycles. The highest BCUT2D eigenvalue weighted by atomic mass is 16.6. The second kappa shape index (κ2) is 5.43. The van der Waals surface area contributed by atoms with Crippen LogP contribution in [0.2, 0.25) is 0 Å². The molecular formula is C16H16N2O2. The van der Waals surface area contributed by atoms with Crippen LogP contribution in [0.3, 0.4) is 0 Å². The van der Waals surface area contributed by atoms with Gasteiger partial charge in [-0.1, -0.05) is 36.4 Å². The molecule has 2 aromatic carbocycles. The van der Waals surface area contributed by atoms with E-state index in [-0.39, 0.29) is 10.6 Å². The smallest absolute Gasteiger partial charge is 0.269 e. The summed E-state index contributed by atoms with van der Waals surface area (Å²) >= 11 is 0. The summed E-state index contributed by atoms with van der Waals surface area (Å²) in [5.41, 5.74) is 3.86. The molecule has 4 heteroatoms. The number of non-ortho nitro benzene ring substituents is 1. The third-order valence-corrected chi connectivity index (χ3v) is 3.81. The summed E-state index contributed by atoms with van der Waals surface area (Å²) < 4.78 is 0. The van der Waals surface area contributed by atoms with Gasteiger partial charge in [0.2, 0.25) is 0 Å². The molecule has 2 aromatic rings. The van der Waals surface area contributed by atoms with Gasteiger partial charge in [0, 0.05) is 24.7 Å². The molecule has 1 N–H and O–H groups in total. The normalized spacial score (nSPS) is 16.9. The first-order valence-electron chi connectivity index (χ1n) is 6.78. The minimum Gasteiger partial charge on any atom is -0.306 e. The van der Waals surface area contributed by atoms with Crippen molar-refractivity contribution in [3.05, 3.63) is 75.3 Å². The van der Waals surface area contributed by atoms with Crippen molar-refractivity contribution in [3.8, 4) is 0 Å². The fraction of sp³-hybridized carbons (Fsp3) is 0.250. The lowest BCUT2D eigenvalue weighted by atomic mass is 10.1. The maximum Gasteiger partial charge on any atom is 0.269 e. The minimum absolute atomic E-state index is 0.149. The lowest BCUT2D eigenvalue weighted by Gasteiger charge is -2.14. The van der Waals surface area contributed by atoms with Gasteiger partial charge in [0.1, 0.15) is 0 Å².